The molecule has 0 unspecified atom stereocenters. The van der Waals surface area contributed by atoms with Crippen LogP contribution in [0.4, 0.5) is 0 Å². The Morgan fingerprint density at radius 2 is 1.30 bits per heavy atom. The molecule has 3 fully saturated rings. The predicted octanol–water partition coefficient (Wildman–Crippen LogP) is -0.441. The molecule has 3 saturated heterocycles. The Bertz CT molecular complexity index is 2830. The van der Waals surface area contributed by atoms with Crippen molar-refractivity contribution in [2.24, 2.45) is 0 Å². The zero-order valence-corrected chi connectivity index (χ0v) is 38.4. The molecular weight excluding hydrogens is 985 g/mol. The van der Waals surface area contributed by atoms with Crippen LogP contribution in [0.2, 0.25) is 0 Å². The van der Waals surface area contributed by atoms with Crippen LogP contribution >= 0.6 is 0 Å². The fourth-order valence-electron chi connectivity index (χ4n) is 7.97. The van der Waals surface area contributed by atoms with Crippen molar-refractivity contribution in [3.8, 4) is 57.1 Å². The summed E-state index contributed by atoms with van der Waals surface area (Å²) in [6.07, 6.45) is -20.8. The standard InChI is InChI=1S/C50H50O24/c51-19-35-40(61)42(63)44(65)48(71-35)69-33-17-27(54)16-32-28(33)18-34(45(68-32)24-6-10-26(53)11-7-24)70-50-47(43(64)41(62)36(72-50)21-66-37(58)13-4-22-1-8-25(52)9-2-22)74-49-46(39(60)31(57)20-67-49)73-38(59)14-5-23-3-12-29(55)30(56)15-23/h1-18,31,35-36,39-44,46-53,55-57,60-65H,19-21H2/p+1/t31-,35-,36-,39+,40-,41-,42+,43+,44-,46-,47-,48-,49+,50-/m1/s1. The van der Waals surface area contributed by atoms with Crippen molar-refractivity contribution in [2.75, 3.05) is 19.8 Å². The first kappa shape index (κ1) is 53.1. The van der Waals surface area contributed by atoms with E-state index in [0.717, 1.165) is 36.4 Å². The van der Waals surface area contributed by atoms with Crippen LogP contribution in [0.1, 0.15) is 11.1 Å². The molecule has 0 spiro atoms. The number of carbonyl (C=O) groups is 1. The maximum absolute atomic E-state index is 13.2. The zero-order valence-electron chi connectivity index (χ0n) is 38.4. The van der Waals surface area contributed by atoms with Crippen LogP contribution < -0.4 is 14.9 Å². The van der Waals surface area contributed by atoms with E-state index < -0.39 is 135 Å². The lowest BCUT2D eigenvalue weighted by molar-refractivity contribution is -0.345. The van der Waals surface area contributed by atoms with Crippen molar-refractivity contribution in [3.63, 3.8) is 0 Å². The molecule has 0 saturated carbocycles. The Morgan fingerprint density at radius 3 is 2.00 bits per heavy atom. The number of aromatic hydroxyl groups is 4. The van der Waals surface area contributed by atoms with Gasteiger partial charge in [0.2, 0.25) is 19.2 Å². The van der Waals surface area contributed by atoms with Crippen molar-refractivity contribution in [1.82, 2.24) is 0 Å². The van der Waals surface area contributed by atoms with Gasteiger partial charge in [-0.15, -0.1) is 0 Å². The Morgan fingerprint density at radius 1 is 0.649 bits per heavy atom. The molecule has 0 amide bonds. The normalized spacial score (nSPS) is 29.3. The first-order valence-electron chi connectivity index (χ1n) is 22.6. The number of hydrogen-bond donors (Lipinski definition) is 12. The number of hydrogen-bond acceptors (Lipinski definition) is 23. The average Bonchev–Trinajstić information content (AvgIpc) is 3.38. The third-order valence-electron chi connectivity index (χ3n) is 12.0. The first-order valence-corrected chi connectivity index (χ1v) is 22.6. The number of phenols is 4. The molecule has 394 valence electrons. The van der Waals surface area contributed by atoms with E-state index in [9.17, 15) is 75.7 Å². The van der Waals surface area contributed by atoms with Crippen molar-refractivity contribution >= 4 is 24.1 Å². The number of esters is 2. The lowest BCUT2D eigenvalue weighted by Gasteiger charge is -2.44. The first-order chi connectivity index (χ1) is 35.4. The largest absolute Gasteiger partial charge is 0.510 e. The third kappa shape index (κ3) is 12.1. The van der Waals surface area contributed by atoms with Gasteiger partial charge in [-0.2, -0.15) is 0 Å². The van der Waals surface area contributed by atoms with Gasteiger partial charge in [0.25, 0.3) is 0 Å². The van der Waals surface area contributed by atoms with E-state index in [4.69, 9.17) is 42.3 Å². The Balaban J connectivity index is 1.15. The molecule has 0 bridgehead atoms. The third-order valence-corrected chi connectivity index (χ3v) is 12.0. The van der Waals surface area contributed by atoms with Gasteiger partial charge in [-0.25, -0.2) is 4.79 Å². The number of aliphatic hydroxyl groups excluding tert-OH is 8. The fourth-order valence-corrected chi connectivity index (χ4v) is 7.97. The van der Waals surface area contributed by atoms with Gasteiger partial charge in [0.1, 0.15) is 71.8 Å². The van der Waals surface area contributed by atoms with Crippen LogP contribution in [0, 0.1) is 0 Å². The van der Waals surface area contributed by atoms with E-state index in [1.807, 2.05) is 0 Å². The lowest BCUT2D eigenvalue weighted by atomic mass is 9.98. The molecule has 5 aliphatic rings. The molecule has 13 N–H and O–H groups in total. The SMILES string of the molecule is O=C(C=Cc1ccc(O)c(O)c1)O[C@H]1[C@H](O[C@H]2[C@H](Oc3cc4c(O[C@@H]5O[C@H](CO)[C@@H](O)[C@H](O)[C@H]5O)cc(=O)cc-4oc3-c3ccc(O)cc3)O[C@H](COC(=[OH+])C=Cc3ccc(O)cc3)[C@@H](O)[C@@H]2O)OC[C@@H](O)[C@@H]1O. The maximum Gasteiger partial charge on any atom is 0.510 e. The molecule has 0 aromatic heterocycles. The molecule has 4 heterocycles. The number of carbonyl (C=O) groups excluding carboxylic acids is 2. The highest BCUT2D eigenvalue weighted by atomic mass is 16.8. The highest BCUT2D eigenvalue weighted by Crippen LogP contribution is 2.43. The molecule has 8 rings (SSSR count). The van der Waals surface area contributed by atoms with Gasteiger partial charge >= 0.3 is 11.9 Å². The van der Waals surface area contributed by atoms with Crippen LogP contribution in [-0.2, 0) is 33.2 Å². The van der Waals surface area contributed by atoms with Crippen molar-refractivity contribution in [1.29, 1.82) is 0 Å². The van der Waals surface area contributed by atoms with Crippen molar-refractivity contribution < 1.29 is 113 Å². The van der Waals surface area contributed by atoms with Crippen LogP contribution in [-0.4, -0.2) is 184 Å². The number of fused-ring (bicyclic) bond motifs is 1. The summed E-state index contributed by atoms with van der Waals surface area (Å²) in [6, 6.07) is 18.2. The van der Waals surface area contributed by atoms with E-state index in [1.54, 1.807) is 12.1 Å². The highest BCUT2D eigenvalue weighted by Gasteiger charge is 2.52. The molecule has 14 atom stereocenters. The van der Waals surface area contributed by atoms with Gasteiger partial charge < -0.3 is 108 Å². The molecule has 3 aromatic carbocycles. The van der Waals surface area contributed by atoms with Gasteiger partial charge in [0.15, 0.2) is 53.0 Å². The quantitative estimate of drug-likeness (QED) is 0.0274. The zero-order chi connectivity index (χ0) is 53.0. The van der Waals surface area contributed by atoms with Gasteiger partial charge in [-0.3, -0.25) is 4.79 Å². The Kier molecular flexibility index (Phi) is 16.5. The van der Waals surface area contributed by atoms with Crippen LogP contribution in [0.5, 0.6) is 34.5 Å². The van der Waals surface area contributed by atoms with Crippen LogP contribution in [0.3, 0.4) is 0 Å². The van der Waals surface area contributed by atoms with Crippen molar-refractivity contribution in [2.45, 2.75) is 86.0 Å². The lowest BCUT2D eigenvalue weighted by Crippen LogP contribution is -2.64. The number of phenolic OH excluding ortho intramolecular Hbond substituents is 4. The fraction of sp³-hybridized carbons (Fsp3) is 0.340. The molecule has 4 aliphatic heterocycles. The van der Waals surface area contributed by atoms with E-state index in [0.29, 0.717) is 5.56 Å². The molecule has 1 aliphatic carbocycles. The predicted molar refractivity (Wildman–Crippen MR) is 250 cm³/mol. The summed E-state index contributed by atoms with van der Waals surface area (Å²) in [5, 5.41) is 126. The minimum absolute atomic E-state index is 0.000637. The number of benzene rings is 4. The van der Waals surface area contributed by atoms with Crippen LogP contribution in [0.25, 0.3) is 34.8 Å². The molecule has 0 radical (unpaired) electrons. The van der Waals surface area contributed by atoms with Gasteiger partial charge in [-0.05, 0) is 77.9 Å². The number of rotatable bonds is 15. The highest BCUT2D eigenvalue weighted by molar-refractivity contribution is 5.88. The second kappa shape index (κ2) is 22.9. The molecule has 24 nitrogen and oxygen atoms in total. The minimum atomic E-state index is -2.06. The Labute approximate surface area is 417 Å². The van der Waals surface area contributed by atoms with Crippen molar-refractivity contribution in [3.05, 3.63) is 118 Å². The second-order valence-corrected chi connectivity index (χ2v) is 17.2. The summed E-state index contributed by atoms with van der Waals surface area (Å²) in [4.78, 5) is 37.0. The summed E-state index contributed by atoms with van der Waals surface area (Å²) in [7, 11) is 0. The number of aliphatic hydroxyl groups is 8. The van der Waals surface area contributed by atoms with Gasteiger partial charge in [0, 0.05) is 23.8 Å². The second-order valence-electron chi connectivity index (χ2n) is 17.2. The number of ether oxygens (including phenoxy) is 8. The van der Waals surface area contributed by atoms with Gasteiger partial charge in [-0.1, -0.05) is 18.2 Å². The molecular formula is C50H51O24+. The monoisotopic (exact) mass is 1040 g/mol. The van der Waals surface area contributed by atoms with E-state index >= 15 is 0 Å². The Hall–Kier alpha value is -7.17. The van der Waals surface area contributed by atoms with Gasteiger partial charge in [0.05, 0.1) is 24.9 Å². The average molecular weight is 1040 g/mol. The molecule has 74 heavy (non-hydrogen) atoms. The topological polar surface area (TPSA) is 385 Å². The molecule has 3 aromatic rings. The van der Waals surface area contributed by atoms with E-state index in [-0.39, 0.29) is 51.2 Å². The smallest absolute Gasteiger partial charge is 0.508 e. The summed E-state index contributed by atoms with van der Waals surface area (Å²) in [6.45, 7) is -2.10. The molecule has 24 heteroatoms. The summed E-state index contributed by atoms with van der Waals surface area (Å²) in [5.41, 5.74) is 0.208. The van der Waals surface area contributed by atoms with Crippen LogP contribution in [0.15, 0.2) is 106 Å². The maximum atomic E-state index is 13.2. The summed E-state index contributed by atoms with van der Waals surface area (Å²) >= 11 is 0. The van der Waals surface area contributed by atoms with E-state index in [2.05, 4.69) is 0 Å². The minimum Gasteiger partial charge on any atom is -0.508 e. The summed E-state index contributed by atoms with van der Waals surface area (Å²) < 4.78 is 53.1. The summed E-state index contributed by atoms with van der Waals surface area (Å²) in [5.74, 6) is -3.92. The van der Waals surface area contributed by atoms with E-state index in [1.165, 1.54) is 60.7 Å².